The van der Waals surface area contributed by atoms with E-state index in [9.17, 15) is 18.0 Å². The molecule has 1 saturated heterocycles. The zero-order valence-corrected chi connectivity index (χ0v) is 16.6. The van der Waals surface area contributed by atoms with Crippen molar-refractivity contribution in [3.05, 3.63) is 64.3 Å². The normalized spacial score (nSPS) is 15.7. The highest BCUT2D eigenvalue weighted by atomic mass is 35.5. The number of piperidine rings is 1. The number of nitrogens with one attached hydrogen (secondary N) is 1. The van der Waals surface area contributed by atoms with Gasteiger partial charge >= 0.3 is 6.18 Å². The van der Waals surface area contributed by atoms with E-state index in [1.807, 2.05) is 24.0 Å². The summed E-state index contributed by atoms with van der Waals surface area (Å²) in [7, 11) is 0. The van der Waals surface area contributed by atoms with E-state index in [0.29, 0.717) is 36.8 Å². The van der Waals surface area contributed by atoms with Crippen LogP contribution in [0.3, 0.4) is 0 Å². The number of halogens is 4. The summed E-state index contributed by atoms with van der Waals surface area (Å²) in [5.74, 6) is 0.326. The van der Waals surface area contributed by atoms with E-state index < -0.39 is 11.7 Å². The number of amides is 1. The van der Waals surface area contributed by atoms with E-state index in [1.54, 1.807) is 12.1 Å². The minimum Gasteiger partial charge on any atom is -0.356 e. The summed E-state index contributed by atoms with van der Waals surface area (Å²) in [5.41, 5.74) is 1.06. The number of carbonyl (C=O) groups excluding carboxylic acids is 1. The Morgan fingerprint density at radius 1 is 1.24 bits per heavy atom. The first-order valence-electron chi connectivity index (χ1n) is 9.25. The Hall–Kier alpha value is -2.54. The fourth-order valence-electron chi connectivity index (χ4n) is 3.13. The highest BCUT2D eigenvalue weighted by Crippen LogP contribution is 2.29. The number of alkyl halides is 3. The number of pyridine rings is 1. The van der Waals surface area contributed by atoms with Gasteiger partial charge in [-0.05, 0) is 55.2 Å². The van der Waals surface area contributed by atoms with Crippen molar-refractivity contribution in [1.82, 2.24) is 10.3 Å². The monoisotopic (exact) mass is 423 g/mol. The number of carbonyl (C=O) groups is 1. The third-order valence-corrected chi connectivity index (χ3v) is 5.27. The summed E-state index contributed by atoms with van der Waals surface area (Å²) < 4.78 is 37.9. The van der Waals surface area contributed by atoms with Crippen LogP contribution in [0, 0.1) is 6.92 Å². The van der Waals surface area contributed by atoms with Crippen LogP contribution in [-0.2, 0) is 11.0 Å². The number of rotatable bonds is 4. The predicted octanol–water partition coefficient (Wildman–Crippen LogP) is 4.86. The number of anilines is 1. The van der Waals surface area contributed by atoms with Crippen LogP contribution in [0.1, 0.15) is 29.5 Å². The fraction of sp³-hybridized carbons (Fsp3) is 0.333. The standard InChI is InChI=1S/C21H21ClF3N3O/c1-14-2-3-15(12-18(14)22)4-7-20(29)27-17-8-10-28(11-9-17)19-6-5-16(13-26-19)21(23,24)25/h2-7,12-13,17H,8-11H2,1H3,(H,27,29)/b7-4+. The van der Waals surface area contributed by atoms with Crippen LogP contribution in [0.25, 0.3) is 6.08 Å². The van der Waals surface area contributed by atoms with Gasteiger partial charge in [0.25, 0.3) is 0 Å². The summed E-state index contributed by atoms with van der Waals surface area (Å²) in [6, 6.07) is 8.02. The van der Waals surface area contributed by atoms with Crippen LogP contribution >= 0.6 is 11.6 Å². The molecular formula is C21H21ClF3N3O. The number of hydrogen-bond donors (Lipinski definition) is 1. The lowest BCUT2D eigenvalue weighted by atomic mass is 10.0. The molecule has 0 aliphatic carbocycles. The molecule has 1 amide bonds. The summed E-state index contributed by atoms with van der Waals surface area (Å²) in [6.07, 6.45) is 1.04. The van der Waals surface area contributed by atoms with Crippen LogP contribution in [0.5, 0.6) is 0 Å². The molecule has 1 aliphatic rings. The van der Waals surface area contributed by atoms with E-state index >= 15 is 0 Å². The summed E-state index contributed by atoms with van der Waals surface area (Å²) in [4.78, 5) is 18.0. The Labute approximate surface area is 172 Å². The maximum absolute atomic E-state index is 12.6. The van der Waals surface area contributed by atoms with E-state index in [4.69, 9.17) is 11.6 Å². The summed E-state index contributed by atoms with van der Waals surface area (Å²) in [6.45, 7) is 3.14. The molecule has 154 valence electrons. The Kier molecular flexibility index (Phi) is 6.47. The molecule has 1 N–H and O–H groups in total. The number of nitrogens with zero attached hydrogens (tertiary/aromatic N) is 2. The van der Waals surface area contributed by atoms with E-state index in [-0.39, 0.29) is 11.9 Å². The topological polar surface area (TPSA) is 45.2 Å². The van der Waals surface area contributed by atoms with E-state index in [1.165, 1.54) is 12.1 Å². The second-order valence-electron chi connectivity index (χ2n) is 7.01. The molecule has 0 bridgehead atoms. The van der Waals surface area contributed by atoms with Gasteiger partial charge in [0, 0.05) is 36.4 Å². The van der Waals surface area contributed by atoms with Gasteiger partial charge in [-0.2, -0.15) is 13.2 Å². The molecule has 1 aromatic carbocycles. The van der Waals surface area contributed by atoms with Gasteiger partial charge in [-0.3, -0.25) is 4.79 Å². The van der Waals surface area contributed by atoms with Crippen molar-refractivity contribution in [3.8, 4) is 0 Å². The Morgan fingerprint density at radius 3 is 2.55 bits per heavy atom. The van der Waals surface area contributed by atoms with Crippen molar-refractivity contribution in [2.45, 2.75) is 32.0 Å². The number of hydrogen-bond acceptors (Lipinski definition) is 3. The first kappa shape index (κ1) is 21.2. The molecule has 0 atom stereocenters. The lowest BCUT2D eigenvalue weighted by Gasteiger charge is -2.33. The number of benzene rings is 1. The third-order valence-electron chi connectivity index (χ3n) is 4.86. The van der Waals surface area contributed by atoms with Gasteiger partial charge < -0.3 is 10.2 Å². The van der Waals surface area contributed by atoms with Gasteiger partial charge in [0.15, 0.2) is 0 Å². The van der Waals surface area contributed by atoms with Gasteiger partial charge in [-0.15, -0.1) is 0 Å². The van der Waals surface area contributed by atoms with Crippen molar-refractivity contribution in [2.24, 2.45) is 0 Å². The highest BCUT2D eigenvalue weighted by Gasteiger charge is 2.31. The molecule has 1 aromatic heterocycles. The van der Waals surface area contributed by atoms with Crippen LogP contribution in [0.4, 0.5) is 19.0 Å². The molecule has 2 heterocycles. The van der Waals surface area contributed by atoms with Crippen molar-refractivity contribution in [3.63, 3.8) is 0 Å². The van der Waals surface area contributed by atoms with Gasteiger partial charge in [0.05, 0.1) is 5.56 Å². The Morgan fingerprint density at radius 2 is 1.97 bits per heavy atom. The van der Waals surface area contributed by atoms with Crippen molar-refractivity contribution in [2.75, 3.05) is 18.0 Å². The summed E-state index contributed by atoms with van der Waals surface area (Å²) in [5, 5.41) is 3.61. The summed E-state index contributed by atoms with van der Waals surface area (Å²) >= 11 is 6.08. The first-order chi connectivity index (χ1) is 13.7. The number of aryl methyl sites for hydroxylation is 1. The average Bonchev–Trinajstić information content (AvgIpc) is 2.69. The largest absolute Gasteiger partial charge is 0.417 e. The predicted molar refractivity (Wildman–Crippen MR) is 108 cm³/mol. The zero-order chi connectivity index (χ0) is 21.0. The second-order valence-corrected chi connectivity index (χ2v) is 7.42. The van der Waals surface area contributed by atoms with Crippen molar-refractivity contribution in [1.29, 1.82) is 0 Å². The molecule has 4 nitrogen and oxygen atoms in total. The minimum atomic E-state index is -4.39. The third kappa shape index (κ3) is 5.73. The van der Waals surface area contributed by atoms with Gasteiger partial charge in [0.2, 0.25) is 5.91 Å². The minimum absolute atomic E-state index is 0.0134. The molecular weight excluding hydrogens is 403 g/mol. The average molecular weight is 424 g/mol. The lowest BCUT2D eigenvalue weighted by Crippen LogP contribution is -2.44. The van der Waals surface area contributed by atoms with Crippen LogP contribution in [-0.4, -0.2) is 30.0 Å². The Balaban J connectivity index is 1.49. The van der Waals surface area contributed by atoms with Gasteiger partial charge in [-0.25, -0.2) is 4.98 Å². The molecule has 2 aromatic rings. The fourth-order valence-corrected chi connectivity index (χ4v) is 3.32. The molecule has 8 heteroatoms. The van der Waals surface area contributed by atoms with E-state index in [2.05, 4.69) is 10.3 Å². The van der Waals surface area contributed by atoms with Gasteiger partial charge in [-0.1, -0.05) is 23.7 Å². The van der Waals surface area contributed by atoms with Crippen molar-refractivity contribution < 1.29 is 18.0 Å². The lowest BCUT2D eigenvalue weighted by molar-refractivity contribution is -0.137. The molecule has 0 unspecified atom stereocenters. The van der Waals surface area contributed by atoms with Crippen LogP contribution in [0.15, 0.2) is 42.6 Å². The molecule has 1 aliphatic heterocycles. The van der Waals surface area contributed by atoms with Gasteiger partial charge in [0.1, 0.15) is 5.82 Å². The molecule has 3 rings (SSSR count). The zero-order valence-electron chi connectivity index (χ0n) is 15.8. The SMILES string of the molecule is Cc1ccc(/C=C/C(=O)NC2CCN(c3ccc(C(F)(F)F)cn3)CC2)cc1Cl. The molecule has 0 spiro atoms. The molecule has 0 radical (unpaired) electrons. The smallest absolute Gasteiger partial charge is 0.356 e. The van der Waals surface area contributed by atoms with E-state index in [0.717, 1.165) is 23.4 Å². The molecule has 1 fully saturated rings. The quantitative estimate of drug-likeness (QED) is 0.714. The molecule has 0 saturated carbocycles. The van der Waals surface area contributed by atoms with Crippen LogP contribution in [0.2, 0.25) is 5.02 Å². The molecule has 29 heavy (non-hydrogen) atoms. The number of aromatic nitrogens is 1. The maximum Gasteiger partial charge on any atom is 0.417 e. The maximum atomic E-state index is 12.6. The van der Waals surface area contributed by atoms with Crippen molar-refractivity contribution >= 4 is 29.4 Å². The second kappa shape index (κ2) is 8.86. The Bertz CT molecular complexity index is 889. The van der Waals surface area contributed by atoms with Crippen LogP contribution < -0.4 is 10.2 Å². The first-order valence-corrected chi connectivity index (χ1v) is 9.63. The highest BCUT2D eigenvalue weighted by molar-refractivity contribution is 6.31.